The van der Waals surface area contributed by atoms with E-state index in [0.29, 0.717) is 34.0 Å². The molecule has 32 heavy (non-hydrogen) atoms. The maximum atomic E-state index is 13.0. The van der Waals surface area contributed by atoms with Crippen LogP contribution in [0, 0.1) is 0 Å². The largest absolute Gasteiger partial charge is 0.350 e. The molecule has 1 aliphatic rings. The molecule has 0 unspecified atom stereocenters. The van der Waals surface area contributed by atoms with Crippen LogP contribution in [0.5, 0.6) is 0 Å². The third kappa shape index (κ3) is 3.21. The van der Waals surface area contributed by atoms with Gasteiger partial charge in [0.15, 0.2) is 0 Å². The molecule has 7 nitrogen and oxygen atoms in total. The van der Waals surface area contributed by atoms with Crippen molar-refractivity contribution in [1.29, 1.82) is 0 Å². The molecule has 0 saturated carbocycles. The number of nitrogens with zero attached hydrogens (tertiary/aromatic N) is 3. The lowest BCUT2D eigenvalue weighted by atomic mass is 9.97. The maximum absolute atomic E-state index is 13.0. The van der Waals surface area contributed by atoms with Crippen LogP contribution < -0.4 is 10.6 Å². The number of halogens is 1. The summed E-state index contributed by atoms with van der Waals surface area (Å²) >= 11 is 6.25. The number of imide groups is 1. The van der Waals surface area contributed by atoms with E-state index in [1.54, 1.807) is 0 Å². The molecule has 0 atom stereocenters. The minimum atomic E-state index is -0.436. The zero-order chi connectivity index (χ0) is 22.4. The van der Waals surface area contributed by atoms with E-state index in [9.17, 15) is 9.59 Å². The second kappa shape index (κ2) is 7.93. The van der Waals surface area contributed by atoms with Gasteiger partial charge in [0.1, 0.15) is 5.69 Å². The lowest BCUT2D eigenvalue weighted by Gasteiger charge is -2.03. The SMILES string of the molecule is CNCCCn1nc(C2=C(c3cn(C)c4ccc(Cl)cc34)C(=O)NC2=O)c2ccccc21. The van der Waals surface area contributed by atoms with Crippen LogP contribution in [0.25, 0.3) is 33.0 Å². The van der Waals surface area contributed by atoms with Crippen LogP contribution in [0.4, 0.5) is 0 Å². The summed E-state index contributed by atoms with van der Waals surface area (Å²) in [5.41, 5.74) is 3.66. The standard InChI is InChI=1S/C24H22ClN5O2/c1-26-10-5-11-30-19-7-4-3-6-15(19)22(28-30)21-20(23(31)27-24(21)32)17-13-29(2)18-9-8-14(25)12-16(17)18/h3-4,6-9,12-13,26H,5,10-11H2,1-2H3,(H,27,31,32). The molecule has 3 heterocycles. The van der Waals surface area contributed by atoms with E-state index in [1.807, 2.05) is 72.0 Å². The van der Waals surface area contributed by atoms with E-state index >= 15 is 0 Å². The molecule has 2 aromatic carbocycles. The zero-order valence-electron chi connectivity index (χ0n) is 17.8. The number of hydrogen-bond donors (Lipinski definition) is 2. The number of benzene rings is 2. The number of aromatic nitrogens is 3. The van der Waals surface area contributed by atoms with Crippen LogP contribution in [-0.4, -0.2) is 39.8 Å². The Morgan fingerprint density at radius 2 is 1.81 bits per heavy atom. The van der Waals surface area contributed by atoms with Crippen molar-refractivity contribution >= 4 is 56.4 Å². The van der Waals surface area contributed by atoms with Gasteiger partial charge in [-0.1, -0.05) is 29.8 Å². The second-order valence-corrected chi connectivity index (χ2v) is 8.33. The summed E-state index contributed by atoms with van der Waals surface area (Å²) in [6, 6.07) is 13.3. The number of carbonyl (C=O) groups is 2. The minimum absolute atomic E-state index is 0.297. The summed E-state index contributed by atoms with van der Waals surface area (Å²) in [4.78, 5) is 26.0. The molecule has 2 aromatic heterocycles. The van der Waals surface area contributed by atoms with Gasteiger partial charge in [0, 0.05) is 46.7 Å². The summed E-state index contributed by atoms with van der Waals surface area (Å²) < 4.78 is 3.83. The number of aryl methyl sites for hydroxylation is 2. The first-order valence-electron chi connectivity index (χ1n) is 10.4. The minimum Gasteiger partial charge on any atom is -0.350 e. The first kappa shape index (κ1) is 20.5. The molecule has 0 spiro atoms. The van der Waals surface area contributed by atoms with Gasteiger partial charge in [0.2, 0.25) is 0 Å². The van der Waals surface area contributed by atoms with Gasteiger partial charge in [-0.25, -0.2) is 0 Å². The van der Waals surface area contributed by atoms with E-state index in [2.05, 4.69) is 10.6 Å². The van der Waals surface area contributed by atoms with Gasteiger partial charge >= 0.3 is 0 Å². The van der Waals surface area contributed by atoms with Gasteiger partial charge in [-0.05, 0) is 44.3 Å². The fourth-order valence-corrected chi connectivity index (χ4v) is 4.56. The molecule has 0 aliphatic carbocycles. The van der Waals surface area contributed by atoms with Gasteiger partial charge in [0.05, 0.1) is 16.7 Å². The van der Waals surface area contributed by atoms with Gasteiger partial charge in [-0.3, -0.25) is 19.6 Å². The Morgan fingerprint density at radius 1 is 1.03 bits per heavy atom. The van der Waals surface area contributed by atoms with Crippen molar-refractivity contribution < 1.29 is 9.59 Å². The number of carbonyl (C=O) groups excluding carboxylic acids is 2. The van der Waals surface area contributed by atoms with Crippen molar-refractivity contribution in [2.45, 2.75) is 13.0 Å². The fourth-order valence-electron chi connectivity index (χ4n) is 4.39. The summed E-state index contributed by atoms with van der Waals surface area (Å²) in [7, 11) is 3.81. The van der Waals surface area contributed by atoms with Crippen LogP contribution >= 0.6 is 11.6 Å². The highest BCUT2D eigenvalue weighted by atomic mass is 35.5. The summed E-state index contributed by atoms with van der Waals surface area (Å²) in [5, 5.41) is 12.6. The van der Waals surface area contributed by atoms with Crippen LogP contribution in [-0.2, 0) is 23.2 Å². The Hall–Kier alpha value is -3.42. The number of amides is 2. The fraction of sp³-hybridized carbons (Fsp3) is 0.208. The summed E-state index contributed by atoms with van der Waals surface area (Å²) in [6.45, 7) is 1.55. The topological polar surface area (TPSA) is 81.0 Å². The number of fused-ring (bicyclic) bond motifs is 2. The predicted octanol–water partition coefficient (Wildman–Crippen LogP) is 3.36. The highest BCUT2D eigenvalue weighted by molar-refractivity contribution is 6.50. The van der Waals surface area contributed by atoms with Crippen molar-refractivity contribution in [1.82, 2.24) is 25.0 Å². The average Bonchev–Trinajstić information content (AvgIpc) is 3.39. The van der Waals surface area contributed by atoms with Crippen molar-refractivity contribution in [3.05, 3.63) is 64.9 Å². The van der Waals surface area contributed by atoms with Crippen molar-refractivity contribution in [2.24, 2.45) is 7.05 Å². The van der Waals surface area contributed by atoms with E-state index in [4.69, 9.17) is 16.7 Å². The van der Waals surface area contributed by atoms with Crippen LogP contribution in [0.3, 0.4) is 0 Å². The van der Waals surface area contributed by atoms with E-state index in [0.717, 1.165) is 34.8 Å². The highest BCUT2D eigenvalue weighted by Gasteiger charge is 2.36. The molecule has 4 aromatic rings. The quantitative estimate of drug-likeness (QED) is 0.351. The molecule has 0 bridgehead atoms. The molecule has 0 radical (unpaired) electrons. The van der Waals surface area contributed by atoms with Crippen molar-refractivity contribution in [3.8, 4) is 0 Å². The molecule has 2 N–H and O–H groups in total. The third-order valence-electron chi connectivity index (χ3n) is 5.84. The van der Waals surface area contributed by atoms with Crippen LogP contribution in [0.1, 0.15) is 17.7 Å². The molecular formula is C24H22ClN5O2. The first-order chi connectivity index (χ1) is 15.5. The lowest BCUT2D eigenvalue weighted by Crippen LogP contribution is -2.22. The molecule has 1 aliphatic heterocycles. The van der Waals surface area contributed by atoms with Crippen molar-refractivity contribution in [3.63, 3.8) is 0 Å². The van der Waals surface area contributed by atoms with E-state index in [-0.39, 0.29) is 0 Å². The first-order valence-corrected chi connectivity index (χ1v) is 10.8. The molecule has 5 rings (SSSR count). The maximum Gasteiger partial charge on any atom is 0.261 e. The van der Waals surface area contributed by atoms with Gasteiger partial charge in [-0.15, -0.1) is 0 Å². The Bertz CT molecular complexity index is 1430. The number of rotatable bonds is 6. The Balaban J connectivity index is 1.77. The highest BCUT2D eigenvalue weighted by Crippen LogP contribution is 2.38. The van der Waals surface area contributed by atoms with Gasteiger partial charge in [-0.2, -0.15) is 5.10 Å². The Kier molecular flexibility index (Phi) is 5.07. The van der Waals surface area contributed by atoms with Crippen LogP contribution in [0.15, 0.2) is 48.7 Å². The van der Waals surface area contributed by atoms with Gasteiger partial charge in [0.25, 0.3) is 11.8 Å². The average molecular weight is 448 g/mol. The molecule has 0 saturated heterocycles. The normalized spacial score (nSPS) is 14.2. The molecule has 2 amide bonds. The number of nitrogens with one attached hydrogen (secondary N) is 2. The second-order valence-electron chi connectivity index (χ2n) is 7.89. The summed E-state index contributed by atoms with van der Waals surface area (Å²) in [6.07, 6.45) is 2.75. The molecule has 162 valence electrons. The smallest absolute Gasteiger partial charge is 0.261 e. The van der Waals surface area contributed by atoms with Crippen LogP contribution in [0.2, 0.25) is 5.02 Å². The number of hydrogen-bond acceptors (Lipinski definition) is 4. The predicted molar refractivity (Wildman–Crippen MR) is 126 cm³/mol. The number of para-hydroxylation sites is 1. The molecule has 0 fully saturated rings. The molecule has 8 heteroatoms. The third-order valence-corrected chi connectivity index (χ3v) is 6.08. The monoisotopic (exact) mass is 447 g/mol. The van der Waals surface area contributed by atoms with E-state index in [1.165, 1.54) is 0 Å². The molecular weight excluding hydrogens is 426 g/mol. The lowest BCUT2D eigenvalue weighted by molar-refractivity contribution is -0.122. The van der Waals surface area contributed by atoms with E-state index < -0.39 is 11.8 Å². The summed E-state index contributed by atoms with van der Waals surface area (Å²) in [5.74, 6) is -0.860. The van der Waals surface area contributed by atoms with Crippen molar-refractivity contribution in [2.75, 3.05) is 13.6 Å². The van der Waals surface area contributed by atoms with Gasteiger partial charge < -0.3 is 9.88 Å². The zero-order valence-corrected chi connectivity index (χ0v) is 18.5. The Morgan fingerprint density at radius 3 is 2.62 bits per heavy atom. The Labute approximate surface area is 189 Å².